The molecule has 0 saturated heterocycles. The Labute approximate surface area is 143 Å². The molecule has 23 heavy (non-hydrogen) atoms. The van der Waals surface area contributed by atoms with E-state index in [1.54, 1.807) is 18.3 Å². The van der Waals surface area contributed by atoms with Crippen molar-refractivity contribution >= 4 is 38.4 Å². The van der Waals surface area contributed by atoms with Crippen molar-refractivity contribution in [3.05, 3.63) is 70.8 Å². The van der Waals surface area contributed by atoms with Gasteiger partial charge >= 0.3 is 0 Å². The normalized spacial score (nSPS) is 10.5. The summed E-state index contributed by atoms with van der Waals surface area (Å²) in [5.41, 5.74) is 2.61. The highest BCUT2D eigenvalue weighted by atomic mass is 79.9. The van der Waals surface area contributed by atoms with Gasteiger partial charge in [0.05, 0.1) is 5.52 Å². The minimum atomic E-state index is -0.0593. The van der Waals surface area contributed by atoms with Crippen LogP contribution in [-0.2, 0) is 0 Å². The van der Waals surface area contributed by atoms with Gasteiger partial charge < -0.3 is 10.6 Å². The summed E-state index contributed by atoms with van der Waals surface area (Å²) in [5, 5.41) is 7.31. The van der Waals surface area contributed by atoms with Crippen molar-refractivity contribution in [1.82, 2.24) is 10.3 Å². The molecule has 0 aliphatic carbocycles. The van der Waals surface area contributed by atoms with Crippen LogP contribution >= 0.6 is 15.9 Å². The van der Waals surface area contributed by atoms with E-state index in [-0.39, 0.29) is 5.91 Å². The highest BCUT2D eigenvalue weighted by molar-refractivity contribution is 9.10. The Hall–Kier alpha value is -2.40. The smallest absolute Gasteiger partial charge is 0.251 e. The van der Waals surface area contributed by atoms with Gasteiger partial charge in [-0.2, -0.15) is 0 Å². The van der Waals surface area contributed by atoms with E-state index in [4.69, 9.17) is 0 Å². The fourth-order valence-corrected chi connectivity index (χ4v) is 2.69. The lowest BCUT2D eigenvalue weighted by Crippen LogP contribution is -2.28. The van der Waals surface area contributed by atoms with Gasteiger partial charge in [0, 0.05) is 40.4 Å². The van der Waals surface area contributed by atoms with E-state index >= 15 is 0 Å². The molecule has 0 atom stereocenters. The van der Waals surface area contributed by atoms with E-state index in [2.05, 4.69) is 31.5 Å². The number of fused-ring (bicyclic) bond motifs is 1. The van der Waals surface area contributed by atoms with Crippen molar-refractivity contribution in [2.75, 3.05) is 18.4 Å². The Balaban J connectivity index is 1.58. The van der Waals surface area contributed by atoms with Crippen molar-refractivity contribution in [3.8, 4) is 0 Å². The number of halogens is 1. The summed E-state index contributed by atoms with van der Waals surface area (Å²) in [7, 11) is 0. The molecule has 1 amide bonds. The molecule has 0 unspecified atom stereocenters. The number of benzene rings is 2. The number of nitrogens with one attached hydrogen (secondary N) is 2. The molecule has 1 aromatic heterocycles. The summed E-state index contributed by atoms with van der Waals surface area (Å²) in [5.74, 6) is -0.0593. The maximum absolute atomic E-state index is 12.0. The quantitative estimate of drug-likeness (QED) is 0.671. The molecule has 3 rings (SSSR count). The number of aromatic nitrogens is 1. The zero-order chi connectivity index (χ0) is 16.1. The highest BCUT2D eigenvalue weighted by Crippen LogP contribution is 2.24. The van der Waals surface area contributed by atoms with E-state index in [0.29, 0.717) is 18.7 Å². The van der Waals surface area contributed by atoms with Crippen molar-refractivity contribution in [3.63, 3.8) is 0 Å². The van der Waals surface area contributed by atoms with Gasteiger partial charge in [-0.3, -0.25) is 9.78 Å². The lowest BCUT2D eigenvalue weighted by Gasteiger charge is -2.10. The van der Waals surface area contributed by atoms with Gasteiger partial charge in [-0.25, -0.2) is 0 Å². The van der Waals surface area contributed by atoms with Crippen LogP contribution in [0, 0.1) is 0 Å². The van der Waals surface area contributed by atoms with Crippen LogP contribution in [0.15, 0.2) is 65.3 Å². The molecule has 0 fully saturated rings. The summed E-state index contributed by atoms with van der Waals surface area (Å²) >= 11 is 3.45. The van der Waals surface area contributed by atoms with Gasteiger partial charge in [-0.15, -0.1) is 0 Å². The zero-order valence-corrected chi connectivity index (χ0v) is 14.0. The molecule has 0 spiro atoms. The van der Waals surface area contributed by atoms with Crippen molar-refractivity contribution in [1.29, 1.82) is 0 Å². The summed E-state index contributed by atoms with van der Waals surface area (Å²) in [4.78, 5) is 16.3. The number of hydrogen-bond donors (Lipinski definition) is 2. The van der Waals surface area contributed by atoms with Crippen LogP contribution in [0.25, 0.3) is 10.9 Å². The van der Waals surface area contributed by atoms with Crippen LogP contribution in [0.5, 0.6) is 0 Å². The molecule has 0 aliphatic heterocycles. The Kier molecular flexibility index (Phi) is 4.88. The number of rotatable bonds is 5. The molecule has 0 radical (unpaired) electrons. The number of anilines is 1. The minimum absolute atomic E-state index is 0.0593. The van der Waals surface area contributed by atoms with Crippen LogP contribution in [0.1, 0.15) is 10.4 Å². The maximum atomic E-state index is 12.0. The fourth-order valence-electron chi connectivity index (χ4n) is 2.34. The molecule has 2 aromatic carbocycles. The number of hydrogen-bond acceptors (Lipinski definition) is 3. The van der Waals surface area contributed by atoms with Crippen LogP contribution in [0.4, 0.5) is 5.69 Å². The molecule has 4 nitrogen and oxygen atoms in total. The van der Waals surface area contributed by atoms with E-state index in [1.807, 2.05) is 42.5 Å². The molecule has 1 heterocycles. The summed E-state index contributed by atoms with van der Waals surface area (Å²) in [6.07, 6.45) is 1.78. The summed E-state index contributed by atoms with van der Waals surface area (Å²) < 4.78 is 1.00. The van der Waals surface area contributed by atoms with Crippen LogP contribution in [-0.4, -0.2) is 24.0 Å². The first kappa shape index (κ1) is 15.5. The van der Waals surface area contributed by atoms with Gasteiger partial charge in [0.1, 0.15) is 0 Å². The predicted octanol–water partition coefficient (Wildman–Crippen LogP) is 3.84. The number of carbonyl (C=O) groups excluding carboxylic acids is 1. The van der Waals surface area contributed by atoms with Crippen molar-refractivity contribution < 1.29 is 4.79 Å². The van der Waals surface area contributed by atoms with Crippen molar-refractivity contribution in [2.24, 2.45) is 0 Å². The van der Waals surface area contributed by atoms with Gasteiger partial charge in [-0.05, 0) is 36.4 Å². The Morgan fingerprint density at radius 3 is 2.70 bits per heavy atom. The molecule has 0 bridgehead atoms. The number of amides is 1. The highest BCUT2D eigenvalue weighted by Gasteiger charge is 2.04. The second-order valence-corrected chi connectivity index (χ2v) is 5.98. The standard InChI is InChI=1S/C18H16BrN3O/c19-14-6-7-15-16(8-9-20-17(15)12-14)21-10-11-22-18(23)13-4-2-1-3-5-13/h1-9,12H,10-11H2,(H,20,21)(H,22,23). The third kappa shape index (κ3) is 3.87. The Bertz CT molecular complexity index is 821. The summed E-state index contributed by atoms with van der Waals surface area (Å²) in [6.45, 7) is 1.20. The lowest BCUT2D eigenvalue weighted by molar-refractivity contribution is 0.0955. The molecular weight excluding hydrogens is 354 g/mol. The van der Waals surface area contributed by atoms with Gasteiger partial charge in [0.25, 0.3) is 5.91 Å². The molecule has 2 N–H and O–H groups in total. The van der Waals surface area contributed by atoms with E-state index < -0.39 is 0 Å². The van der Waals surface area contributed by atoms with Crippen LogP contribution < -0.4 is 10.6 Å². The average Bonchev–Trinajstić information content (AvgIpc) is 2.59. The van der Waals surface area contributed by atoms with Gasteiger partial charge in [0.15, 0.2) is 0 Å². The zero-order valence-electron chi connectivity index (χ0n) is 12.4. The van der Waals surface area contributed by atoms with Crippen molar-refractivity contribution in [2.45, 2.75) is 0 Å². The Morgan fingerprint density at radius 1 is 1.04 bits per heavy atom. The first-order valence-electron chi connectivity index (χ1n) is 7.35. The average molecular weight is 370 g/mol. The molecule has 3 aromatic rings. The lowest BCUT2D eigenvalue weighted by atomic mass is 10.2. The third-order valence-corrected chi connectivity index (χ3v) is 3.96. The maximum Gasteiger partial charge on any atom is 0.251 e. The number of nitrogens with zero attached hydrogens (tertiary/aromatic N) is 1. The minimum Gasteiger partial charge on any atom is -0.383 e. The topological polar surface area (TPSA) is 54.0 Å². The van der Waals surface area contributed by atoms with E-state index in [0.717, 1.165) is 21.1 Å². The second-order valence-electron chi connectivity index (χ2n) is 5.07. The first-order valence-corrected chi connectivity index (χ1v) is 8.15. The number of pyridine rings is 1. The van der Waals surface area contributed by atoms with Gasteiger partial charge in [-0.1, -0.05) is 34.1 Å². The predicted molar refractivity (Wildman–Crippen MR) is 96.7 cm³/mol. The molecule has 116 valence electrons. The molecule has 0 aliphatic rings. The largest absolute Gasteiger partial charge is 0.383 e. The van der Waals surface area contributed by atoms with E-state index in [9.17, 15) is 4.79 Å². The Morgan fingerprint density at radius 2 is 1.87 bits per heavy atom. The third-order valence-electron chi connectivity index (χ3n) is 3.47. The van der Waals surface area contributed by atoms with Crippen LogP contribution in [0.3, 0.4) is 0 Å². The molecule has 0 saturated carbocycles. The monoisotopic (exact) mass is 369 g/mol. The van der Waals surface area contributed by atoms with Gasteiger partial charge in [0.2, 0.25) is 0 Å². The number of carbonyl (C=O) groups is 1. The molecular formula is C18H16BrN3O. The second kappa shape index (κ2) is 7.24. The first-order chi connectivity index (χ1) is 11.2. The molecule has 5 heteroatoms. The summed E-state index contributed by atoms with van der Waals surface area (Å²) in [6, 6.07) is 17.2. The van der Waals surface area contributed by atoms with E-state index in [1.165, 1.54) is 0 Å². The SMILES string of the molecule is O=C(NCCNc1ccnc2cc(Br)ccc12)c1ccccc1. The van der Waals surface area contributed by atoms with Crippen LogP contribution in [0.2, 0.25) is 0 Å². The fraction of sp³-hybridized carbons (Fsp3) is 0.111.